The van der Waals surface area contributed by atoms with Crippen molar-refractivity contribution in [2.75, 3.05) is 18.0 Å². The van der Waals surface area contributed by atoms with Gasteiger partial charge in [-0.15, -0.1) is 0 Å². The summed E-state index contributed by atoms with van der Waals surface area (Å²) in [4.78, 5) is 2.50. The van der Waals surface area contributed by atoms with Crippen molar-refractivity contribution in [3.8, 4) is 0 Å². The normalized spacial score (nSPS) is 19.4. The third-order valence-electron chi connectivity index (χ3n) is 3.98. The third kappa shape index (κ3) is 3.01. The van der Waals surface area contributed by atoms with Crippen LogP contribution in [-0.2, 0) is 0 Å². The highest BCUT2D eigenvalue weighted by Gasteiger charge is 2.17. The van der Waals surface area contributed by atoms with Crippen LogP contribution >= 0.6 is 0 Å². The lowest BCUT2D eigenvalue weighted by atomic mass is 9.94. The summed E-state index contributed by atoms with van der Waals surface area (Å²) in [6.07, 6.45) is 4.01. The van der Waals surface area contributed by atoms with Gasteiger partial charge in [0, 0.05) is 24.8 Å². The van der Waals surface area contributed by atoms with Crippen LogP contribution in [0.4, 0.5) is 5.69 Å². The molecule has 94 valence electrons. The van der Waals surface area contributed by atoms with Crippen LogP contribution in [0.3, 0.4) is 0 Å². The van der Waals surface area contributed by atoms with Gasteiger partial charge in [0.05, 0.1) is 0 Å². The van der Waals surface area contributed by atoms with Crippen molar-refractivity contribution in [2.45, 2.75) is 39.2 Å². The first-order chi connectivity index (χ1) is 8.20. The van der Waals surface area contributed by atoms with Gasteiger partial charge in [-0.3, -0.25) is 0 Å². The van der Waals surface area contributed by atoms with Crippen molar-refractivity contribution in [3.05, 3.63) is 29.8 Å². The van der Waals surface area contributed by atoms with Gasteiger partial charge in [-0.2, -0.15) is 0 Å². The predicted octanol–water partition coefficient (Wildman–Crippen LogP) is 3.33. The fourth-order valence-corrected chi connectivity index (χ4v) is 2.59. The highest BCUT2D eigenvalue weighted by Crippen LogP contribution is 2.25. The average Bonchev–Trinajstić information content (AvgIpc) is 2.39. The molecule has 1 aromatic carbocycles. The highest BCUT2D eigenvalue weighted by molar-refractivity contribution is 5.48. The lowest BCUT2D eigenvalue weighted by molar-refractivity contribution is 0.395. The quantitative estimate of drug-likeness (QED) is 0.866. The van der Waals surface area contributed by atoms with Crippen molar-refractivity contribution in [1.29, 1.82) is 0 Å². The SMILES string of the molecule is CCC1CCN(c2ccc(C(C)N)cc2)CC1. The molecule has 1 unspecified atom stereocenters. The number of anilines is 1. The summed E-state index contributed by atoms with van der Waals surface area (Å²) in [5.41, 5.74) is 8.44. The van der Waals surface area contributed by atoms with E-state index in [2.05, 4.69) is 36.1 Å². The van der Waals surface area contributed by atoms with Crippen LogP contribution in [0.5, 0.6) is 0 Å². The summed E-state index contributed by atoms with van der Waals surface area (Å²) in [5.74, 6) is 0.939. The molecule has 1 fully saturated rings. The van der Waals surface area contributed by atoms with E-state index in [1.54, 1.807) is 0 Å². The molecule has 0 spiro atoms. The molecular weight excluding hydrogens is 208 g/mol. The smallest absolute Gasteiger partial charge is 0.0366 e. The largest absolute Gasteiger partial charge is 0.372 e. The second kappa shape index (κ2) is 5.54. The minimum Gasteiger partial charge on any atom is -0.372 e. The fraction of sp³-hybridized carbons (Fsp3) is 0.600. The van der Waals surface area contributed by atoms with Gasteiger partial charge in [0.1, 0.15) is 0 Å². The van der Waals surface area contributed by atoms with E-state index < -0.39 is 0 Å². The third-order valence-corrected chi connectivity index (χ3v) is 3.98. The van der Waals surface area contributed by atoms with Crippen LogP contribution in [0, 0.1) is 5.92 Å². The van der Waals surface area contributed by atoms with Gasteiger partial charge < -0.3 is 10.6 Å². The van der Waals surface area contributed by atoms with Crippen molar-refractivity contribution in [2.24, 2.45) is 11.7 Å². The van der Waals surface area contributed by atoms with Crippen LogP contribution in [0.2, 0.25) is 0 Å². The van der Waals surface area contributed by atoms with Gasteiger partial charge in [0.25, 0.3) is 0 Å². The average molecular weight is 232 g/mol. The summed E-state index contributed by atoms with van der Waals surface area (Å²) in [5, 5.41) is 0. The molecule has 0 aromatic heterocycles. The molecule has 1 aliphatic rings. The first-order valence-electron chi connectivity index (χ1n) is 6.81. The number of piperidine rings is 1. The van der Waals surface area contributed by atoms with E-state index >= 15 is 0 Å². The van der Waals surface area contributed by atoms with E-state index in [-0.39, 0.29) is 6.04 Å². The minimum atomic E-state index is 0.134. The number of benzene rings is 1. The predicted molar refractivity (Wildman–Crippen MR) is 74.3 cm³/mol. The van der Waals surface area contributed by atoms with Crippen molar-refractivity contribution >= 4 is 5.69 Å². The van der Waals surface area contributed by atoms with Crippen LogP contribution < -0.4 is 10.6 Å². The van der Waals surface area contributed by atoms with Crippen LogP contribution in [-0.4, -0.2) is 13.1 Å². The summed E-state index contributed by atoms with van der Waals surface area (Å²) < 4.78 is 0. The summed E-state index contributed by atoms with van der Waals surface area (Å²) in [7, 11) is 0. The number of hydrogen-bond donors (Lipinski definition) is 1. The monoisotopic (exact) mass is 232 g/mol. The minimum absolute atomic E-state index is 0.134. The standard InChI is InChI=1S/C15H24N2/c1-3-13-8-10-17(11-9-13)15-6-4-14(5-7-15)12(2)16/h4-7,12-13H,3,8-11,16H2,1-2H3. The van der Waals surface area contributed by atoms with Gasteiger partial charge in [0.2, 0.25) is 0 Å². The van der Waals surface area contributed by atoms with Crippen LogP contribution in [0.25, 0.3) is 0 Å². The molecule has 17 heavy (non-hydrogen) atoms. The molecule has 1 aliphatic heterocycles. The Morgan fingerprint density at radius 3 is 2.29 bits per heavy atom. The molecule has 2 nitrogen and oxygen atoms in total. The van der Waals surface area contributed by atoms with E-state index in [1.807, 2.05) is 6.92 Å². The first kappa shape index (κ1) is 12.4. The number of nitrogens with zero attached hydrogens (tertiary/aromatic N) is 1. The van der Waals surface area contributed by atoms with Crippen molar-refractivity contribution in [3.63, 3.8) is 0 Å². The summed E-state index contributed by atoms with van der Waals surface area (Å²) in [6, 6.07) is 8.88. The van der Waals surface area contributed by atoms with Gasteiger partial charge >= 0.3 is 0 Å². The zero-order chi connectivity index (χ0) is 12.3. The second-order valence-electron chi connectivity index (χ2n) is 5.22. The van der Waals surface area contributed by atoms with Crippen molar-refractivity contribution in [1.82, 2.24) is 0 Å². The molecule has 2 N–H and O–H groups in total. The maximum atomic E-state index is 5.86. The van der Waals surface area contributed by atoms with Gasteiger partial charge in [-0.05, 0) is 43.4 Å². The maximum Gasteiger partial charge on any atom is 0.0366 e. The molecule has 0 saturated carbocycles. The summed E-state index contributed by atoms with van der Waals surface area (Å²) in [6.45, 7) is 6.74. The Kier molecular flexibility index (Phi) is 4.06. The number of nitrogens with two attached hydrogens (primary N) is 1. The summed E-state index contributed by atoms with van der Waals surface area (Å²) >= 11 is 0. The van der Waals surface area contributed by atoms with Crippen LogP contribution in [0.15, 0.2) is 24.3 Å². The Hall–Kier alpha value is -1.02. The van der Waals surface area contributed by atoms with E-state index in [0.29, 0.717) is 0 Å². The molecule has 1 atom stereocenters. The molecule has 1 heterocycles. The lowest BCUT2D eigenvalue weighted by Gasteiger charge is -2.33. The zero-order valence-electron chi connectivity index (χ0n) is 11.0. The molecule has 0 aliphatic carbocycles. The fourth-order valence-electron chi connectivity index (χ4n) is 2.59. The van der Waals surface area contributed by atoms with Gasteiger partial charge in [-0.1, -0.05) is 25.5 Å². The topological polar surface area (TPSA) is 29.3 Å². The molecule has 1 aromatic rings. The Labute approximate surface area is 105 Å². The highest BCUT2D eigenvalue weighted by atomic mass is 15.1. The second-order valence-corrected chi connectivity index (χ2v) is 5.22. The molecule has 1 saturated heterocycles. The van der Waals surface area contributed by atoms with Crippen LogP contribution in [0.1, 0.15) is 44.7 Å². The Bertz CT molecular complexity index is 334. The Balaban J connectivity index is 1.99. The Morgan fingerprint density at radius 2 is 1.82 bits per heavy atom. The molecular formula is C15H24N2. The number of hydrogen-bond acceptors (Lipinski definition) is 2. The maximum absolute atomic E-state index is 5.86. The van der Waals surface area contributed by atoms with Gasteiger partial charge in [-0.25, -0.2) is 0 Å². The van der Waals surface area contributed by atoms with Crippen molar-refractivity contribution < 1.29 is 0 Å². The molecule has 2 rings (SSSR count). The lowest BCUT2D eigenvalue weighted by Crippen LogP contribution is -2.33. The van der Waals surface area contributed by atoms with E-state index in [0.717, 1.165) is 5.92 Å². The van der Waals surface area contributed by atoms with E-state index in [4.69, 9.17) is 5.73 Å². The Morgan fingerprint density at radius 1 is 1.24 bits per heavy atom. The molecule has 2 heteroatoms. The zero-order valence-corrected chi connectivity index (χ0v) is 11.0. The molecule has 0 radical (unpaired) electrons. The van der Waals surface area contributed by atoms with E-state index in [1.165, 1.54) is 43.6 Å². The van der Waals surface area contributed by atoms with Gasteiger partial charge in [0.15, 0.2) is 0 Å². The van der Waals surface area contributed by atoms with E-state index in [9.17, 15) is 0 Å². The first-order valence-corrected chi connectivity index (χ1v) is 6.81. The molecule has 0 bridgehead atoms. The number of rotatable bonds is 3. The molecule has 0 amide bonds.